The van der Waals surface area contributed by atoms with Gasteiger partial charge in [0.15, 0.2) is 0 Å². The Labute approximate surface area is 91.2 Å². The van der Waals surface area contributed by atoms with Crippen molar-refractivity contribution < 1.29 is 4.42 Å². The second-order valence-electron chi connectivity index (χ2n) is 3.38. The first-order valence-electron chi connectivity index (χ1n) is 4.74. The number of rotatable bonds is 1. The van der Waals surface area contributed by atoms with Crippen LogP contribution in [0.2, 0.25) is 0 Å². The molecule has 0 unspecified atom stereocenters. The molecule has 3 heteroatoms. The van der Waals surface area contributed by atoms with Gasteiger partial charge in [0.05, 0.1) is 22.0 Å². The van der Waals surface area contributed by atoms with Gasteiger partial charge >= 0.3 is 0 Å². The zero-order valence-electron chi connectivity index (χ0n) is 8.23. The fourth-order valence-electron chi connectivity index (χ4n) is 1.59. The third-order valence-corrected chi connectivity index (χ3v) is 3.45. The molecular weight excluding hydrogens is 206 g/mol. The monoisotopic (exact) mass is 215 g/mol. The highest BCUT2D eigenvalue weighted by atomic mass is 32.1. The van der Waals surface area contributed by atoms with Crippen LogP contribution < -0.4 is 0 Å². The highest BCUT2D eigenvalue weighted by Crippen LogP contribution is 2.32. The van der Waals surface area contributed by atoms with Crippen molar-refractivity contribution in [3.63, 3.8) is 0 Å². The lowest BCUT2D eigenvalue weighted by Gasteiger charge is -1.89. The van der Waals surface area contributed by atoms with Gasteiger partial charge in [0.2, 0.25) is 0 Å². The van der Waals surface area contributed by atoms with Crippen LogP contribution >= 0.6 is 11.3 Å². The fourth-order valence-corrected chi connectivity index (χ4v) is 2.63. The first-order chi connectivity index (χ1) is 7.34. The summed E-state index contributed by atoms with van der Waals surface area (Å²) in [7, 11) is 0. The molecule has 2 nitrogen and oxygen atoms in total. The number of para-hydroxylation sites is 1. The number of thiazole rings is 1. The van der Waals surface area contributed by atoms with Crippen LogP contribution in [0.1, 0.15) is 5.76 Å². The van der Waals surface area contributed by atoms with Gasteiger partial charge < -0.3 is 4.42 Å². The summed E-state index contributed by atoms with van der Waals surface area (Å²) in [5.74, 6) is 0.925. The molecule has 1 aromatic carbocycles. The number of aryl methyl sites for hydroxylation is 1. The Morgan fingerprint density at radius 1 is 1.20 bits per heavy atom. The highest BCUT2D eigenvalue weighted by molar-refractivity contribution is 7.21. The maximum Gasteiger partial charge on any atom is 0.128 e. The van der Waals surface area contributed by atoms with Crippen LogP contribution in [0.3, 0.4) is 0 Å². The first-order valence-corrected chi connectivity index (χ1v) is 5.56. The van der Waals surface area contributed by atoms with Crippen molar-refractivity contribution >= 4 is 21.6 Å². The lowest BCUT2D eigenvalue weighted by molar-refractivity contribution is 0.535. The Balaban J connectivity index is 2.24. The van der Waals surface area contributed by atoms with Crippen molar-refractivity contribution in [3.8, 4) is 10.6 Å². The summed E-state index contributed by atoms with van der Waals surface area (Å²) < 4.78 is 6.50. The van der Waals surface area contributed by atoms with Crippen molar-refractivity contribution in [3.05, 3.63) is 42.4 Å². The van der Waals surface area contributed by atoms with Crippen molar-refractivity contribution in [2.75, 3.05) is 0 Å². The minimum Gasteiger partial charge on any atom is -0.469 e. The zero-order chi connectivity index (χ0) is 10.3. The number of benzene rings is 1. The van der Waals surface area contributed by atoms with Crippen LogP contribution in [-0.4, -0.2) is 4.98 Å². The lowest BCUT2D eigenvalue weighted by Crippen LogP contribution is -1.74. The van der Waals surface area contributed by atoms with Gasteiger partial charge in [-0.15, -0.1) is 11.3 Å². The van der Waals surface area contributed by atoms with Gasteiger partial charge in [-0.05, 0) is 25.1 Å². The second kappa shape index (κ2) is 3.21. The highest BCUT2D eigenvalue weighted by Gasteiger charge is 2.09. The molecule has 2 aromatic heterocycles. The molecule has 0 saturated heterocycles. The molecule has 0 aliphatic heterocycles. The second-order valence-corrected chi connectivity index (χ2v) is 4.41. The summed E-state index contributed by atoms with van der Waals surface area (Å²) in [6.45, 7) is 1.96. The molecule has 0 fully saturated rings. The topological polar surface area (TPSA) is 26.0 Å². The van der Waals surface area contributed by atoms with E-state index >= 15 is 0 Å². The number of furan rings is 1. The Bertz CT molecular complexity index is 576. The smallest absolute Gasteiger partial charge is 0.128 e. The third kappa shape index (κ3) is 1.36. The average molecular weight is 215 g/mol. The van der Waals surface area contributed by atoms with Crippen molar-refractivity contribution in [2.24, 2.45) is 0 Å². The maximum atomic E-state index is 5.28. The molecular formula is C12H9NOS. The summed E-state index contributed by atoms with van der Waals surface area (Å²) in [4.78, 5) is 4.57. The van der Waals surface area contributed by atoms with E-state index < -0.39 is 0 Å². The quantitative estimate of drug-likeness (QED) is 0.616. The van der Waals surface area contributed by atoms with E-state index in [1.807, 2.05) is 31.2 Å². The van der Waals surface area contributed by atoms with E-state index in [2.05, 4.69) is 11.1 Å². The Morgan fingerprint density at radius 2 is 2.07 bits per heavy atom. The van der Waals surface area contributed by atoms with Crippen LogP contribution in [0.25, 0.3) is 20.8 Å². The molecule has 0 saturated carbocycles. The third-order valence-electron chi connectivity index (χ3n) is 2.38. The predicted octanol–water partition coefficient (Wildman–Crippen LogP) is 3.86. The predicted molar refractivity (Wildman–Crippen MR) is 62.1 cm³/mol. The van der Waals surface area contributed by atoms with Crippen LogP contribution in [0.15, 0.2) is 41.0 Å². The lowest BCUT2D eigenvalue weighted by atomic mass is 10.3. The summed E-state index contributed by atoms with van der Waals surface area (Å²) in [5, 5.41) is 1.03. The molecule has 0 spiro atoms. The maximum absolute atomic E-state index is 5.28. The fraction of sp³-hybridized carbons (Fsp3) is 0.0833. The summed E-state index contributed by atoms with van der Waals surface area (Å²) >= 11 is 1.70. The standard InChI is InChI=1S/C12H9NOS/c1-8-9(6-7-14-8)12-13-10-4-2-3-5-11(10)15-12/h2-7H,1H3. The molecule has 3 rings (SSSR count). The molecule has 0 amide bonds. The van der Waals surface area contributed by atoms with Gasteiger partial charge in [0, 0.05) is 0 Å². The minimum atomic E-state index is 0.925. The van der Waals surface area contributed by atoms with Crippen LogP contribution in [-0.2, 0) is 0 Å². The van der Waals surface area contributed by atoms with Gasteiger partial charge in [-0.1, -0.05) is 12.1 Å². The summed E-state index contributed by atoms with van der Waals surface area (Å²) in [6, 6.07) is 10.1. The van der Waals surface area contributed by atoms with E-state index in [4.69, 9.17) is 4.42 Å². The molecule has 0 aliphatic rings. The van der Waals surface area contributed by atoms with Gasteiger partial charge in [0.25, 0.3) is 0 Å². The molecule has 0 N–H and O–H groups in total. The normalized spacial score (nSPS) is 11.0. The number of fused-ring (bicyclic) bond motifs is 1. The molecule has 0 atom stereocenters. The number of hydrogen-bond donors (Lipinski definition) is 0. The van der Waals surface area contributed by atoms with E-state index in [9.17, 15) is 0 Å². The average Bonchev–Trinajstić information content (AvgIpc) is 2.82. The van der Waals surface area contributed by atoms with Gasteiger partial charge in [-0.25, -0.2) is 4.98 Å². The number of aromatic nitrogens is 1. The molecule has 2 heterocycles. The zero-order valence-corrected chi connectivity index (χ0v) is 9.04. The molecule has 0 bridgehead atoms. The Hall–Kier alpha value is -1.61. The molecule has 74 valence electrons. The van der Waals surface area contributed by atoms with E-state index in [0.717, 1.165) is 21.8 Å². The van der Waals surface area contributed by atoms with Crippen molar-refractivity contribution in [1.82, 2.24) is 4.98 Å². The molecule has 15 heavy (non-hydrogen) atoms. The van der Waals surface area contributed by atoms with Crippen LogP contribution in [0.5, 0.6) is 0 Å². The van der Waals surface area contributed by atoms with E-state index in [0.29, 0.717) is 0 Å². The minimum absolute atomic E-state index is 0.925. The summed E-state index contributed by atoms with van der Waals surface area (Å²) in [5.41, 5.74) is 2.15. The molecule has 3 aromatic rings. The van der Waals surface area contributed by atoms with E-state index in [1.54, 1.807) is 17.6 Å². The SMILES string of the molecule is Cc1occc1-c1nc2ccccc2s1. The Morgan fingerprint density at radius 3 is 2.80 bits per heavy atom. The van der Waals surface area contributed by atoms with Crippen LogP contribution in [0.4, 0.5) is 0 Å². The van der Waals surface area contributed by atoms with Gasteiger partial charge in [-0.3, -0.25) is 0 Å². The number of hydrogen-bond acceptors (Lipinski definition) is 3. The van der Waals surface area contributed by atoms with E-state index in [1.165, 1.54) is 4.70 Å². The summed E-state index contributed by atoms with van der Waals surface area (Å²) in [6.07, 6.45) is 1.71. The van der Waals surface area contributed by atoms with Crippen LogP contribution in [0, 0.1) is 6.92 Å². The van der Waals surface area contributed by atoms with Gasteiger partial charge in [-0.2, -0.15) is 0 Å². The van der Waals surface area contributed by atoms with Crippen molar-refractivity contribution in [1.29, 1.82) is 0 Å². The van der Waals surface area contributed by atoms with Crippen molar-refractivity contribution in [2.45, 2.75) is 6.92 Å². The molecule has 0 radical (unpaired) electrons. The van der Waals surface area contributed by atoms with E-state index in [-0.39, 0.29) is 0 Å². The largest absolute Gasteiger partial charge is 0.469 e. The number of nitrogens with zero attached hydrogens (tertiary/aromatic N) is 1. The van der Waals surface area contributed by atoms with Gasteiger partial charge in [0.1, 0.15) is 10.8 Å². The Kier molecular flexibility index (Phi) is 1.86. The molecule has 0 aliphatic carbocycles. The first kappa shape index (κ1) is 8.68.